The van der Waals surface area contributed by atoms with E-state index >= 15 is 0 Å². The fourth-order valence-electron chi connectivity index (χ4n) is 3.37. The zero-order valence-corrected chi connectivity index (χ0v) is 17.6. The standard InChI is InChI=1S/C22H21ClN2O5/c1-27-16-7-5-14(23)11-15(16)24-21(26)22(8-9-22)20-12-18(30-25-20)13-4-6-17(28-2)19(10-13)29-3/h4-7,10-12H,8-9H2,1-3H3,(H,24,26). The molecule has 4 rings (SSSR count). The van der Waals surface area contributed by atoms with Crippen molar-refractivity contribution in [3.8, 4) is 28.6 Å². The summed E-state index contributed by atoms with van der Waals surface area (Å²) in [5.74, 6) is 2.12. The fourth-order valence-corrected chi connectivity index (χ4v) is 3.54. The summed E-state index contributed by atoms with van der Waals surface area (Å²) in [5, 5.41) is 7.61. The molecule has 1 N–H and O–H groups in total. The maximum atomic E-state index is 13.1. The van der Waals surface area contributed by atoms with E-state index in [0.29, 0.717) is 52.3 Å². The van der Waals surface area contributed by atoms with Crippen molar-refractivity contribution in [1.82, 2.24) is 5.16 Å². The third kappa shape index (κ3) is 3.57. The highest BCUT2D eigenvalue weighted by molar-refractivity contribution is 6.31. The van der Waals surface area contributed by atoms with Crippen LogP contribution in [0.5, 0.6) is 17.2 Å². The predicted octanol–water partition coefficient (Wildman–Crippen LogP) is 4.69. The number of anilines is 1. The van der Waals surface area contributed by atoms with Crippen molar-refractivity contribution >= 4 is 23.2 Å². The van der Waals surface area contributed by atoms with E-state index in [4.69, 9.17) is 30.3 Å². The lowest BCUT2D eigenvalue weighted by molar-refractivity contribution is -0.118. The summed E-state index contributed by atoms with van der Waals surface area (Å²) >= 11 is 6.07. The van der Waals surface area contributed by atoms with Gasteiger partial charge in [0.1, 0.15) is 5.75 Å². The van der Waals surface area contributed by atoms with Crippen LogP contribution in [-0.4, -0.2) is 32.4 Å². The van der Waals surface area contributed by atoms with Gasteiger partial charge in [0.25, 0.3) is 0 Å². The lowest BCUT2D eigenvalue weighted by atomic mass is 10.00. The highest BCUT2D eigenvalue weighted by Gasteiger charge is 2.54. The average molecular weight is 429 g/mol. The van der Waals surface area contributed by atoms with E-state index in [-0.39, 0.29) is 5.91 Å². The van der Waals surface area contributed by atoms with Gasteiger partial charge in [0, 0.05) is 16.7 Å². The van der Waals surface area contributed by atoms with E-state index < -0.39 is 5.41 Å². The van der Waals surface area contributed by atoms with Crippen molar-refractivity contribution in [1.29, 1.82) is 0 Å². The molecule has 1 heterocycles. The second kappa shape index (κ2) is 7.91. The Morgan fingerprint density at radius 1 is 1.00 bits per heavy atom. The Morgan fingerprint density at radius 2 is 1.70 bits per heavy atom. The molecule has 7 nitrogen and oxygen atoms in total. The summed E-state index contributed by atoms with van der Waals surface area (Å²) in [4.78, 5) is 13.1. The Morgan fingerprint density at radius 3 is 2.37 bits per heavy atom. The largest absolute Gasteiger partial charge is 0.495 e. The van der Waals surface area contributed by atoms with Crippen molar-refractivity contribution in [3.05, 3.63) is 53.2 Å². The number of ether oxygens (including phenoxy) is 3. The van der Waals surface area contributed by atoms with Crippen LogP contribution in [0.4, 0.5) is 5.69 Å². The minimum Gasteiger partial charge on any atom is -0.495 e. The molecule has 1 aliphatic rings. The van der Waals surface area contributed by atoms with Gasteiger partial charge in [-0.25, -0.2) is 0 Å². The van der Waals surface area contributed by atoms with E-state index in [1.54, 1.807) is 57.7 Å². The van der Waals surface area contributed by atoms with E-state index in [2.05, 4.69) is 10.5 Å². The molecule has 1 aliphatic carbocycles. The first-order valence-electron chi connectivity index (χ1n) is 9.35. The molecule has 0 bridgehead atoms. The molecule has 2 aromatic carbocycles. The SMILES string of the molecule is COc1ccc(Cl)cc1NC(=O)C1(c2cc(-c3ccc(OC)c(OC)c3)on2)CC1. The molecule has 0 atom stereocenters. The Labute approximate surface area is 178 Å². The number of methoxy groups -OCH3 is 3. The minimum atomic E-state index is -0.731. The highest BCUT2D eigenvalue weighted by Crippen LogP contribution is 2.49. The third-order valence-electron chi connectivity index (χ3n) is 5.26. The van der Waals surface area contributed by atoms with Gasteiger partial charge in [-0.3, -0.25) is 4.79 Å². The molecule has 0 unspecified atom stereocenters. The maximum absolute atomic E-state index is 13.1. The van der Waals surface area contributed by atoms with Crippen LogP contribution in [0.2, 0.25) is 5.02 Å². The van der Waals surface area contributed by atoms with Crippen molar-refractivity contribution in [2.75, 3.05) is 26.6 Å². The van der Waals surface area contributed by atoms with E-state index in [1.165, 1.54) is 0 Å². The topological polar surface area (TPSA) is 82.8 Å². The lowest BCUT2D eigenvalue weighted by Gasteiger charge is -2.15. The summed E-state index contributed by atoms with van der Waals surface area (Å²) in [7, 11) is 4.69. The first-order chi connectivity index (χ1) is 14.5. The van der Waals surface area contributed by atoms with Crippen LogP contribution in [0.3, 0.4) is 0 Å². The number of rotatable bonds is 7. The predicted molar refractivity (Wildman–Crippen MR) is 113 cm³/mol. The van der Waals surface area contributed by atoms with Gasteiger partial charge in [-0.05, 0) is 49.2 Å². The number of nitrogens with one attached hydrogen (secondary N) is 1. The van der Waals surface area contributed by atoms with Crippen LogP contribution in [-0.2, 0) is 10.2 Å². The Balaban J connectivity index is 1.59. The summed E-state index contributed by atoms with van der Waals surface area (Å²) < 4.78 is 21.5. The van der Waals surface area contributed by atoms with Crippen LogP contribution in [0.15, 0.2) is 47.0 Å². The first kappa shape index (κ1) is 20.1. The smallest absolute Gasteiger partial charge is 0.236 e. The molecule has 1 amide bonds. The van der Waals surface area contributed by atoms with Crippen LogP contribution in [0, 0.1) is 0 Å². The number of hydrogen-bond acceptors (Lipinski definition) is 6. The van der Waals surface area contributed by atoms with Gasteiger partial charge >= 0.3 is 0 Å². The molecule has 1 saturated carbocycles. The number of aromatic nitrogens is 1. The number of benzene rings is 2. The molecule has 0 saturated heterocycles. The number of nitrogens with zero attached hydrogens (tertiary/aromatic N) is 1. The van der Waals surface area contributed by atoms with Gasteiger partial charge in [-0.1, -0.05) is 16.8 Å². The van der Waals surface area contributed by atoms with Gasteiger partial charge in [0.2, 0.25) is 5.91 Å². The highest BCUT2D eigenvalue weighted by atomic mass is 35.5. The van der Waals surface area contributed by atoms with Crippen molar-refractivity contribution < 1.29 is 23.5 Å². The van der Waals surface area contributed by atoms with Crippen LogP contribution < -0.4 is 19.5 Å². The van der Waals surface area contributed by atoms with Crippen molar-refractivity contribution in [3.63, 3.8) is 0 Å². The van der Waals surface area contributed by atoms with E-state index in [9.17, 15) is 4.79 Å². The van der Waals surface area contributed by atoms with E-state index in [0.717, 1.165) is 5.56 Å². The first-order valence-corrected chi connectivity index (χ1v) is 9.73. The number of halogens is 1. The summed E-state index contributed by atoms with van der Waals surface area (Å²) in [5.41, 5.74) is 1.15. The van der Waals surface area contributed by atoms with Crippen LogP contribution in [0.1, 0.15) is 18.5 Å². The normalized spacial score (nSPS) is 14.1. The Bertz CT molecular complexity index is 1090. The second-order valence-electron chi connectivity index (χ2n) is 7.03. The molecule has 0 radical (unpaired) electrons. The van der Waals surface area contributed by atoms with Gasteiger partial charge in [-0.2, -0.15) is 0 Å². The van der Waals surface area contributed by atoms with Gasteiger partial charge in [0.15, 0.2) is 17.3 Å². The zero-order chi connectivity index (χ0) is 21.3. The molecule has 0 aliphatic heterocycles. The van der Waals surface area contributed by atoms with Crippen LogP contribution >= 0.6 is 11.6 Å². The maximum Gasteiger partial charge on any atom is 0.236 e. The van der Waals surface area contributed by atoms with Gasteiger partial charge < -0.3 is 24.1 Å². The number of carbonyl (C=O) groups excluding carboxylic acids is 1. The minimum absolute atomic E-state index is 0.171. The Kier molecular flexibility index (Phi) is 5.30. The van der Waals surface area contributed by atoms with Crippen molar-refractivity contribution in [2.45, 2.75) is 18.3 Å². The fraction of sp³-hybridized carbons (Fsp3) is 0.273. The average Bonchev–Trinajstić information content (AvgIpc) is 3.43. The third-order valence-corrected chi connectivity index (χ3v) is 5.50. The van der Waals surface area contributed by atoms with Gasteiger partial charge in [-0.15, -0.1) is 0 Å². The van der Waals surface area contributed by atoms with Gasteiger partial charge in [0.05, 0.1) is 38.1 Å². The molecule has 0 spiro atoms. The lowest BCUT2D eigenvalue weighted by Crippen LogP contribution is -2.28. The molecule has 30 heavy (non-hydrogen) atoms. The summed E-state index contributed by atoms with van der Waals surface area (Å²) in [6.45, 7) is 0. The zero-order valence-electron chi connectivity index (χ0n) is 16.8. The number of amides is 1. The summed E-state index contributed by atoms with van der Waals surface area (Å²) in [6, 6.07) is 12.3. The summed E-state index contributed by atoms with van der Waals surface area (Å²) in [6.07, 6.45) is 1.36. The monoisotopic (exact) mass is 428 g/mol. The van der Waals surface area contributed by atoms with Crippen molar-refractivity contribution in [2.24, 2.45) is 0 Å². The molecule has 1 aromatic heterocycles. The van der Waals surface area contributed by atoms with E-state index in [1.807, 2.05) is 6.07 Å². The molecule has 1 fully saturated rings. The molecule has 3 aromatic rings. The quantitative estimate of drug-likeness (QED) is 0.587. The number of carbonyl (C=O) groups is 1. The molecular weight excluding hydrogens is 408 g/mol. The van der Waals surface area contributed by atoms with Crippen LogP contribution in [0.25, 0.3) is 11.3 Å². The molecule has 156 valence electrons. The Hall–Kier alpha value is -3.19. The molecular formula is C22H21ClN2O5. The molecule has 8 heteroatoms. The number of hydrogen-bond donors (Lipinski definition) is 1. The second-order valence-corrected chi connectivity index (χ2v) is 7.46.